The van der Waals surface area contributed by atoms with Crippen LogP contribution in [0.4, 0.5) is 26.7 Å². The first-order valence-electron chi connectivity index (χ1n) is 12.8. The molecule has 2 aromatic carbocycles. The van der Waals surface area contributed by atoms with Crippen molar-refractivity contribution in [1.29, 1.82) is 0 Å². The Morgan fingerprint density at radius 3 is 2.14 bits per heavy atom. The Hall–Kier alpha value is -3.75. The zero-order valence-corrected chi connectivity index (χ0v) is 22.8. The molecule has 1 fully saturated rings. The molecule has 0 radical (unpaired) electrons. The number of benzene rings is 2. The molecule has 0 aliphatic carbocycles. The van der Waals surface area contributed by atoms with Crippen molar-refractivity contribution in [2.24, 2.45) is 0 Å². The molecule has 9 nitrogen and oxygen atoms in total. The van der Waals surface area contributed by atoms with Crippen molar-refractivity contribution in [3.8, 4) is 0 Å². The fourth-order valence-electron chi connectivity index (χ4n) is 4.09. The molecule has 1 aliphatic rings. The summed E-state index contributed by atoms with van der Waals surface area (Å²) in [5.41, 5.74) is 3.23. The Kier molecular flexibility index (Phi) is 9.02. The molecule has 0 spiro atoms. The average molecular weight is 509 g/mol. The maximum Gasteiger partial charge on any atom is 0.321 e. The van der Waals surface area contributed by atoms with E-state index in [0.29, 0.717) is 18.8 Å². The molecular weight excluding hydrogens is 468 g/mol. The zero-order chi connectivity index (χ0) is 27.2. The van der Waals surface area contributed by atoms with Crippen LogP contribution in [0.1, 0.15) is 40.2 Å². The van der Waals surface area contributed by atoms with Gasteiger partial charge in [0.15, 0.2) is 0 Å². The van der Waals surface area contributed by atoms with Crippen molar-refractivity contribution in [3.05, 3.63) is 54.1 Å². The van der Waals surface area contributed by atoms with Crippen LogP contribution in [0, 0.1) is 6.92 Å². The van der Waals surface area contributed by atoms with E-state index in [9.17, 15) is 14.4 Å². The summed E-state index contributed by atoms with van der Waals surface area (Å²) in [4.78, 5) is 43.4. The highest BCUT2D eigenvalue weighted by molar-refractivity contribution is 5.94. The average Bonchev–Trinajstić information content (AvgIpc) is 2.82. The molecule has 0 atom stereocenters. The topological polar surface area (TPSA) is 97.0 Å². The van der Waals surface area contributed by atoms with Crippen LogP contribution < -0.4 is 20.9 Å². The van der Waals surface area contributed by atoms with Gasteiger partial charge in [-0.1, -0.05) is 12.1 Å². The molecule has 3 N–H and O–H groups in total. The first-order chi connectivity index (χ1) is 17.4. The van der Waals surface area contributed by atoms with E-state index in [1.54, 1.807) is 0 Å². The molecule has 0 bridgehead atoms. The van der Waals surface area contributed by atoms with Crippen molar-refractivity contribution in [2.75, 3.05) is 48.3 Å². The molecule has 2 aromatic rings. The van der Waals surface area contributed by atoms with E-state index >= 15 is 0 Å². The van der Waals surface area contributed by atoms with Crippen LogP contribution in [0.5, 0.6) is 0 Å². The summed E-state index contributed by atoms with van der Waals surface area (Å²) in [6.45, 7) is 14.1. The van der Waals surface area contributed by atoms with Crippen LogP contribution in [-0.2, 0) is 4.79 Å². The lowest BCUT2D eigenvalue weighted by molar-refractivity contribution is -0.117. The fraction of sp³-hybridized carbons (Fsp3) is 0.464. The quantitative estimate of drug-likeness (QED) is 0.535. The van der Waals surface area contributed by atoms with E-state index in [0.717, 1.165) is 30.0 Å². The lowest BCUT2D eigenvalue weighted by Crippen LogP contribution is -2.52. The Bertz CT molecular complexity index is 1090. The van der Waals surface area contributed by atoms with E-state index in [-0.39, 0.29) is 36.1 Å². The third kappa shape index (κ3) is 8.41. The molecule has 9 heteroatoms. The number of piperazine rings is 1. The number of nitrogens with zero attached hydrogens (tertiary/aromatic N) is 3. The van der Waals surface area contributed by atoms with Gasteiger partial charge in [-0.3, -0.25) is 4.79 Å². The predicted octanol–water partition coefficient (Wildman–Crippen LogP) is 4.51. The van der Waals surface area contributed by atoms with Gasteiger partial charge in [0.1, 0.15) is 6.54 Å². The number of amides is 5. The highest BCUT2D eigenvalue weighted by Crippen LogP contribution is 2.20. The minimum atomic E-state index is -0.382. The van der Waals surface area contributed by atoms with Crippen LogP contribution in [-0.4, -0.2) is 72.1 Å². The standard InChI is InChI=1S/C28H40N6O3/c1-20(2)34(27(37)31-28(4,5)6)19-25(35)29-22-10-12-24(13-11-22)32-14-16-33(17-15-32)26(36)30-23-9-7-8-21(3)18-23/h7-13,18,20H,14-17,19H2,1-6H3,(H,29,35)(H,30,36)(H,31,37). The van der Waals surface area contributed by atoms with Gasteiger partial charge < -0.3 is 30.7 Å². The Morgan fingerprint density at radius 1 is 0.919 bits per heavy atom. The van der Waals surface area contributed by atoms with Gasteiger partial charge in [0.05, 0.1) is 0 Å². The third-order valence-electron chi connectivity index (χ3n) is 6.03. The van der Waals surface area contributed by atoms with Crippen LogP contribution >= 0.6 is 0 Å². The molecule has 200 valence electrons. The fourth-order valence-corrected chi connectivity index (χ4v) is 4.09. The number of aryl methyl sites for hydroxylation is 1. The summed E-state index contributed by atoms with van der Waals surface area (Å²) < 4.78 is 0. The van der Waals surface area contributed by atoms with Crippen LogP contribution in [0.2, 0.25) is 0 Å². The number of urea groups is 2. The summed E-state index contributed by atoms with van der Waals surface area (Å²) in [7, 11) is 0. The summed E-state index contributed by atoms with van der Waals surface area (Å²) >= 11 is 0. The van der Waals surface area contributed by atoms with E-state index in [2.05, 4.69) is 20.9 Å². The molecule has 37 heavy (non-hydrogen) atoms. The van der Waals surface area contributed by atoms with Crippen LogP contribution in [0.3, 0.4) is 0 Å². The van der Waals surface area contributed by atoms with Crippen molar-refractivity contribution >= 4 is 35.0 Å². The maximum absolute atomic E-state index is 12.6. The molecule has 1 heterocycles. The number of carbonyl (C=O) groups is 3. The monoisotopic (exact) mass is 508 g/mol. The lowest BCUT2D eigenvalue weighted by atomic mass is 10.1. The predicted molar refractivity (Wildman–Crippen MR) is 149 cm³/mol. The number of hydrogen-bond donors (Lipinski definition) is 3. The van der Waals surface area contributed by atoms with Gasteiger partial charge in [0, 0.05) is 54.8 Å². The molecule has 3 rings (SSSR count). The van der Waals surface area contributed by atoms with Gasteiger partial charge in [-0.15, -0.1) is 0 Å². The van der Waals surface area contributed by atoms with Gasteiger partial charge in [-0.05, 0) is 83.5 Å². The maximum atomic E-state index is 12.6. The smallest absolute Gasteiger partial charge is 0.321 e. The van der Waals surface area contributed by atoms with E-state index in [1.807, 2.05) is 95.0 Å². The Morgan fingerprint density at radius 2 is 1.57 bits per heavy atom. The molecule has 1 saturated heterocycles. The second-order valence-corrected chi connectivity index (χ2v) is 10.8. The Labute approximate surface area is 220 Å². The normalized spacial score (nSPS) is 13.8. The highest BCUT2D eigenvalue weighted by Gasteiger charge is 2.24. The van der Waals surface area contributed by atoms with Crippen molar-refractivity contribution in [1.82, 2.24) is 15.1 Å². The van der Waals surface area contributed by atoms with Gasteiger partial charge in [-0.25, -0.2) is 9.59 Å². The molecule has 0 unspecified atom stereocenters. The van der Waals surface area contributed by atoms with Gasteiger partial charge >= 0.3 is 12.1 Å². The van der Waals surface area contributed by atoms with Crippen molar-refractivity contribution in [3.63, 3.8) is 0 Å². The molecule has 0 aromatic heterocycles. The van der Waals surface area contributed by atoms with E-state index in [4.69, 9.17) is 0 Å². The number of nitrogens with one attached hydrogen (secondary N) is 3. The second-order valence-electron chi connectivity index (χ2n) is 10.8. The summed E-state index contributed by atoms with van der Waals surface area (Å²) in [6.07, 6.45) is 0. The Balaban J connectivity index is 1.49. The molecule has 0 saturated carbocycles. The first kappa shape index (κ1) is 27.8. The number of rotatable bonds is 6. The first-order valence-corrected chi connectivity index (χ1v) is 12.8. The second kappa shape index (κ2) is 12.0. The SMILES string of the molecule is Cc1cccc(NC(=O)N2CCN(c3ccc(NC(=O)CN(C(=O)NC(C)(C)C)C(C)C)cc3)CC2)c1. The van der Waals surface area contributed by atoms with Gasteiger partial charge in [0.2, 0.25) is 5.91 Å². The summed E-state index contributed by atoms with van der Waals surface area (Å²) in [5, 5.41) is 8.77. The van der Waals surface area contributed by atoms with Gasteiger partial charge in [0.25, 0.3) is 0 Å². The van der Waals surface area contributed by atoms with Crippen LogP contribution in [0.25, 0.3) is 0 Å². The van der Waals surface area contributed by atoms with Crippen LogP contribution in [0.15, 0.2) is 48.5 Å². The number of hydrogen-bond acceptors (Lipinski definition) is 4. The molecular formula is C28H40N6O3. The van der Waals surface area contributed by atoms with Crippen molar-refractivity contribution in [2.45, 2.75) is 53.1 Å². The van der Waals surface area contributed by atoms with Gasteiger partial charge in [-0.2, -0.15) is 0 Å². The largest absolute Gasteiger partial charge is 0.368 e. The van der Waals surface area contributed by atoms with E-state index in [1.165, 1.54) is 4.90 Å². The van der Waals surface area contributed by atoms with Crippen molar-refractivity contribution < 1.29 is 14.4 Å². The summed E-state index contributed by atoms with van der Waals surface area (Å²) in [6, 6.07) is 14.9. The minimum Gasteiger partial charge on any atom is -0.368 e. The third-order valence-corrected chi connectivity index (χ3v) is 6.03. The minimum absolute atomic E-state index is 0.0338. The lowest BCUT2D eigenvalue weighted by Gasteiger charge is -2.36. The molecule has 5 amide bonds. The number of carbonyl (C=O) groups excluding carboxylic acids is 3. The zero-order valence-electron chi connectivity index (χ0n) is 22.8. The molecule has 1 aliphatic heterocycles. The number of anilines is 3. The highest BCUT2D eigenvalue weighted by atomic mass is 16.2. The van der Waals surface area contributed by atoms with E-state index < -0.39 is 0 Å². The summed E-state index contributed by atoms with van der Waals surface area (Å²) in [5.74, 6) is -0.251.